The standard InChI is InChI=1S/2C18H33P.2BrH.Pd/c2*1-4-10-16(11-5-1)19(17-12-6-2-7-13-17)18-14-8-3-9-15-18;;;/h2*16-18H,1-15H2;2*1H;/q;;;;+2/p-2. The minimum absolute atomic E-state index is 0. The Morgan fingerprint density at radius 3 is 0.463 bits per heavy atom. The van der Waals surface area contributed by atoms with Crippen molar-refractivity contribution in [3.63, 3.8) is 0 Å². The van der Waals surface area contributed by atoms with Crippen LogP contribution in [-0.2, 0) is 20.4 Å². The van der Waals surface area contributed by atoms with Gasteiger partial charge in [0.15, 0.2) is 0 Å². The molecule has 0 unspecified atom stereocenters. The first-order valence-corrected chi connectivity index (χ1v) is 21.5. The fourth-order valence-corrected chi connectivity index (χ4v) is 19.4. The third-order valence-electron chi connectivity index (χ3n) is 12.0. The first-order valence-electron chi connectivity index (χ1n) is 18.4. The van der Waals surface area contributed by atoms with E-state index in [2.05, 4.69) is 0 Å². The van der Waals surface area contributed by atoms with Crippen molar-refractivity contribution < 1.29 is 54.4 Å². The molecule has 6 aliphatic rings. The number of halogens is 2. The zero-order chi connectivity index (χ0) is 25.8. The third kappa shape index (κ3) is 12.5. The average molecular weight is 827 g/mol. The molecule has 244 valence electrons. The molecule has 0 bridgehead atoms. The van der Waals surface area contributed by atoms with E-state index >= 15 is 0 Å². The summed E-state index contributed by atoms with van der Waals surface area (Å²) in [4.78, 5) is 0. The summed E-state index contributed by atoms with van der Waals surface area (Å²) < 4.78 is 0. The molecule has 0 nitrogen and oxygen atoms in total. The monoisotopic (exact) mass is 824 g/mol. The Morgan fingerprint density at radius 1 is 0.220 bits per heavy atom. The second kappa shape index (κ2) is 22.9. The Kier molecular flexibility index (Phi) is 22.2. The first kappa shape index (κ1) is 39.7. The SMILES string of the molecule is C1CCC(P(C2CCCCC2)C2CCCCC2)CC1.C1CCC(P(C2CCCCC2)C2CCCCC2)CC1.[Br-].[Br-].[Pd+2]. The van der Waals surface area contributed by atoms with E-state index in [1.807, 2.05) is 0 Å². The van der Waals surface area contributed by atoms with Crippen LogP contribution in [0.5, 0.6) is 0 Å². The predicted octanol–water partition coefficient (Wildman–Crippen LogP) is 6.94. The Morgan fingerprint density at radius 2 is 0.341 bits per heavy atom. The Balaban J connectivity index is 0.000000267. The van der Waals surface area contributed by atoms with Crippen LogP contribution >= 0.6 is 15.8 Å². The van der Waals surface area contributed by atoms with E-state index in [-0.39, 0.29) is 54.4 Å². The molecule has 0 radical (unpaired) electrons. The van der Waals surface area contributed by atoms with Crippen LogP contribution in [0, 0.1) is 0 Å². The minimum atomic E-state index is 0. The smallest absolute Gasteiger partial charge is 1.00 e. The van der Waals surface area contributed by atoms with E-state index in [1.54, 1.807) is 154 Å². The molecule has 0 spiro atoms. The molecule has 41 heavy (non-hydrogen) atoms. The van der Waals surface area contributed by atoms with Crippen molar-refractivity contribution in [2.24, 2.45) is 0 Å². The van der Waals surface area contributed by atoms with Crippen LogP contribution in [0.2, 0.25) is 0 Å². The zero-order valence-electron chi connectivity index (χ0n) is 26.6. The van der Waals surface area contributed by atoms with E-state index in [1.165, 1.54) is 72.5 Å². The van der Waals surface area contributed by atoms with Crippen molar-refractivity contribution in [3.8, 4) is 0 Å². The molecule has 6 fully saturated rings. The topological polar surface area (TPSA) is 0 Å². The number of hydrogen-bond donors (Lipinski definition) is 0. The number of hydrogen-bond acceptors (Lipinski definition) is 0. The van der Waals surface area contributed by atoms with Gasteiger partial charge in [-0.25, -0.2) is 0 Å². The van der Waals surface area contributed by atoms with Gasteiger partial charge in [-0.05, 0) is 111 Å². The van der Waals surface area contributed by atoms with Gasteiger partial charge in [-0.3, -0.25) is 0 Å². The zero-order valence-corrected chi connectivity index (χ0v) is 33.2. The molecular weight excluding hydrogens is 761 g/mol. The number of rotatable bonds is 6. The fraction of sp³-hybridized carbons (Fsp3) is 1.00. The molecule has 0 aromatic heterocycles. The molecule has 0 aliphatic heterocycles. The molecule has 0 amide bonds. The fourth-order valence-electron chi connectivity index (χ4n) is 10.1. The van der Waals surface area contributed by atoms with E-state index < -0.39 is 0 Å². The van der Waals surface area contributed by atoms with Crippen LogP contribution in [0.1, 0.15) is 193 Å². The van der Waals surface area contributed by atoms with Gasteiger partial charge in [-0.15, -0.1) is 0 Å². The van der Waals surface area contributed by atoms with E-state index in [0.717, 1.165) is 0 Å². The van der Waals surface area contributed by atoms with Gasteiger partial charge >= 0.3 is 20.4 Å². The molecule has 6 aliphatic carbocycles. The first-order chi connectivity index (χ1) is 18.9. The normalized spacial score (nSPS) is 26.8. The molecule has 5 heteroatoms. The van der Waals surface area contributed by atoms with Gasteiger partial charge in [0.1, 0.15) is 0 Å². The van der Waals surface area contributed by atoms with Gasteiger partial charge < -0.3 is 34.0 Å². The summed E-state index contributed by atoms with van der Waals surface area (Å²) >= 11 is 0. The predicted molar refractivity (Wildman–Crippen MR) is 175 cm³/mol. The van der Waals surface area contributed by atoms with Crippen LogP contribution in [-0.4, -0.2) is 34.0 Å². The minimum Gasteiger partial charge on any atom is -1.00 e. The summed E-state index contributed by atoms with van der Waals surface area (Å²) in [5.74, 6) is 0. The van der Waals surface area contributed by atoms with Crippen LogP contribution in [0.25, 0.3) is 0 Å². The summed E-state index contributed by atoms with van der Waals surface area (Å²) in [6.07, 6.45) is 47.2. The van der Waals surface area contributed by atoms with Crippen LogP contribution in [0.15, 0.2) is 0 Å². The molecule has 6 saturated carbocycles. The molecule has 0 aromatic rings. The maximum Gasteiger partial charge on any atom is 2.00 e. The summed E-state index contributed by atoms with van der Waals surface area (Å²) in [5.41, 5.74) is 7.14. The molecule has 0 N–H and O–H groups in total. The van der Waals surface area contributed by atoms with Crippen molar-refractivity contribution in [2.75, 3.05) is 0 Å². The second-order valence-corrected chi connectivity index (χ2v) is 20.8. The molecule has 0 aromatic carbocycles. The molecule has 0 saturated heterocycles. The van der Waals surface area contributed by atoms with Crippen molar-refractivity contribution in [1.29, 1.82) is 0 Å². The molecule has 6 rings (SSSR count). The largest absolute Gasteiger partial charge is 2.00 e. The van der Waals surface area contributed by atoms with Gasteiger partial charge in [0.05, 0.1) is 0 Å². The van der Waals surface area contributed by atoms with Crippen molar-refractivity contribution >= 4 is 15.8 Å². The van der Waals surface area contributed by atoms with Gasteiger partial charge in [0.2, 0.25) is 0 Å². The average Bonchev–Trinajstić information content (AvgIpc) is 3.01. The maximum absolute atomic E-state index is 1.61. The third-order valence-corrected chi connectivity index (χ3v) is 20.1. The summed E-state index contributed by atoms with van der Waals surface area (Å²) in [6, 6.07) is 0. The Hall–Kier alpha value is 2.48. The van der Waals surface area contributed by atoms with Crippen molar-refractivity contribution in [3.05, 3.63) is 0 Å². The van der Waals surface area contributed by atoms with Gasteiger partial charge in [-0.2, -0.15) is 0 Å². The Labute approximate surface area is 294 Å². The van der Waals surface area contributed by atoms with Gasteiger partial charge in [0.25, 0.3) is 0 Å². The molecule has 0 atom stereocenters. The Bertz CT molecular complexity index is 475. The van der Waals surface area contributed by atoms with Crippen molar-refractivity contribution in [1.82, 2.24) is 0 Å². The van der Waals surface area contributed by atoms with Gasteiger partial charge in [0, 0.05) is 0 Å². The quantitative estimate of drug-likeness (QED) is 0.201. The van der Waals surface area contributed by atoms with Crippen LogP contribution < -0.4 is 34.0 Å². The van der Waals surface area contributed by atoms with E-state index in [4.69, 9.17) is 0 Å². The molecular formula is C36H66Br2P2Pd. The summed E-state index contributed by atoms with van der Waals surface area (Å²) in [5, 5.41) is 0. The second-order valence-electron chi connectivity index (χ2n) is 14.6. The molecule has 0 heterocycles. The maximum atomic E-state index is 1.61. The van der Waals surface area contributed by atoms with Crippen LogP contribution in [0.4, 0.5) is 0 Å². The van der Waals surface area contributed by atoms with E-state index in [0.29, 0.717) is 15.8 Å². The summed E-state index contributed by atoms with van der Waals surface area (Å²) in [7, 11) is 0.770. The van der Waals surface area contributed by atoms with Crippen LogP contribution in [0.3, 0.4) is 0 Å². The van der Waals surface area contributed by atoms with Crippen molar-refractivity contribution in [2.45, 2.75) is 227 Å². The summed E-state index contributed by atoms with van der Waals surface area (Å²) in [6.45, 7) is 0. The van der Waals surface area contributed by atoms with Gasteiger partial charge in [-0.1, -0.05) is 131 Å². The van der Waals surface area contributed by atoms with E-state index in [9.17, 15) is 0 Å².